The van der Waals surface area contributed by atoms with E-state index in [9.17, 15) is 5.11 Å². The molecule has 88 valence electrons. The van der Waals surface area contributed by atoms with Crippen LogP contribution in [0.15, 0.2) is 22.7 Å². The zero-order chi connectivity index (χ0) is 11.5. The van der Waals surface area contributed by atoms with Crippen LogP contribution in [0, 0.1) is 5.92 Å². The molecule has 1 aromatic rings. The number of hydrogen-bond donors (Lipinski definition) is 2. The maximum atomic E-state index is 9.37. The van der Waals surface area contributed by atoms with Gasteiger partial charge in [-0.05, 0) is 43.0 Å². The van der Waals surface area contributed by atoms with Gasteiger partial charge in [0.05, 0.1) is 12.6 Å². The largest absolute Gasteiger partial charge is 0.394 e. The topological polar surface area (TPSA) is 32.3 Å². The molecule has 1 aliphatic carbocycles. The summed E-state index contributed by atoms with van der Waals surface area (Å²) >= 11 is 9.53. The summed E-state index contributed by atoms with van der Waals surface area (Å²) in [5.74, 6) is 0.795. The van der Waals surface area contributed by atoms with Gasteiger partial charge in [-0.25, -0.2) is 0 Å². The fourth-order valence-corrected chi connectivity index (χ4v) is 2.49. The first-order valence-electron chi connectivity index (χ1n) is 5.50. The first-order valence-corrected chi connectivity index (χ1v) is 6.67. The summed E-state index contributed by atoms with van der Waals surface area (Å²) in [4.78, 5) is 0. The van der Waals surface area contributed by atoms with Crippen LogP contribution in [0.2, 0.25) is 5.02 Å². The molecule has 0 aliphatic heterocycles. The van der Waals surface area contributed by atoms with Gasteiger partial charge in [-0.1, -0.05) is 33.6 Å². The van der Waals surface area contributed by atoms with E-state index in [1.54, 1.807) is 0 Å². The molecule has 0 saturated heterocycles. The van der Waals surface area contributed by atoms with Gasteiger partial charge < -0.3 is 10.4 Å². The molecule has 1 aromatic carbocycles. The van der Waals surface area contributed by atoms with Crippen LogP contribution in [0.25, 0.3) is 0 Å². The van der Waals surface area contributed by atoms with Crippen molar-refractivity contribution in [2.24, 2.45) is 5.92 Å². The van der Waals surface area contributed by atoms with Crippen LogP contribution >= 0.6 is 27.5 Å². The monoisotopic (exact) mass is 303 g/mol. The van der Waals surface area contributed by atoms with Crippen LogP contribution in [0.3, 0.4) is 0 Å². The van der Waals surface area contributed by atoms with Crippen molar-refractivity contribution in [3.8, 4) is 0 Å². The Balaban J connectivity index is 2.05. The highest BCUT2D eigenvalue weighted by molar-refractivity contribution is 9.10. The van der Waals surface area contributed by atoms with Crippen molar-refractivity contribution >= 4 is 27.5 Å². The Morgan fingerprint density at radius 1 is 1.50 bits per heavy atom. The smallest absolute Gasteiger partial charge is 0.0627 e. The summed E-state index contributed by atoms with van der Waals surface area (Å²) in [5.41, 5.74) is 0.966. The molecule has 0 radical (unpaired) electrons. The van der Waals surface area contributed by atoms with Gasteiger partial charge >= 0.3 is 0 Å². The second-order valence-corrected chi connectivity index (χ2v) is 5.58. The van der Waals surface area contributed by atoms with Gasteiger partial charge in [0.1, 0.15) is 0 Å². The molecule has 0 amide bonds. The summed E-state index contributed by atoms with van der Waals surface area (Å²) in [6.07, 6.45) is 2.61. The molecule has 1 fully saturated rings. The van der Waals surface area contributed by atoms with E-state index < -0.39 is 0 Å². The number of aliphatic hydroxyl groups excluding tert-OH is 1. The number of rotatable bonds is 5. The standard InChI is InChI=1S/C12H15BrClNO/c13-9-3-4-10(11(14)5-9)12(7-16)15-6-8-1-2-8/h3-5,8,12,15-16H,1-2,6-7H2. The van der Waals surface area contributed by atoms with Crippen molar-refractivity contribution < 1.29 is 5.11 Å². The van der Waals surface area contributed by atoms with Gasteiger partial charge in [0.2, 0.25) is 0 Å². The quantitative estimate of drug-likeness (QED) is 0.876. The van der Waals surface area contributed by atoms with E-state index in [2.05, 4.69) is 21.2 Å². The maximum absolute atomic E-state index is 9.37. The van der Waals surface area contributed by atoms with E-state index in [1.165, 1.54) is 12.8 Å². The molecule has 1 unspecified atom stereocenters. The predicted molar refractivity (Wildman–Crippen MR) is 69.7 cm³/mol. The fraction of sp³-hybridized carbons (Fsp3) is 0.500. The minimum absolute atomic E-state index is 0.0544. The first kappa shape index (κ1) is 12.4. The zero-order valence-corrected chi connectivity index (χ0v) is 11.3. The molecule has 16 heavy (non-hydrogen) atoms. The molecular weight excluding hydrogens is 289 g/mol. The Morgan fingerprint density at radius 3 is 2.81 bits per heavy atom. The third-order valence-electron chi connectivity index (χ3n) is 2.87. The molecule has 0 heterocycles. The van der Waals surface area contributed by atoms with Crippen LogP contribution in [-0.2, 0) is 0 Å². The molecule has 0 aromatic heterocycles. The van der Waals surface area contributed by atoms with Crippen molar-refractivity contribution in [2.75, 3.05) is 13.2 Å². The van der Waals surface area contributed by atoms with Crippen LogP contribution < -0.4 is 5.32 Å². The molecule has 4 heteroatoms. The number of nitrogens with one attached hydrogen (secondary N) is 1. The number of halogens is 2. The van der Waals surface area contributed by atoms with Gasteiger partial charge in [0.25, 0.3) is 0 Å². The molecule has 2 nitrogen and oxygen atoms in total. The zero-order valence-electron chi connectivity index (χ0n) is 8.92. The number of aliphatic hydroxyl groups is 1. The van der Waals surface area contributed by atoms with Crippen molar-refractivity contribution in [3.63, 3.8) is 0 Å². The van der Waals surface area contributed by atoms with E-state index in [0.29, 0.717) is 5.02 Å². The Morgan fingerprint density at radius 2 is 2.25 bits per heavy atom. The highest BCUT2D eigenvalue weighted by Crippen LogP contribution is 2.30. The van der Waals surface area contributed by atoms with Gasteiger partial charge in [-0.3, -0.25) is 0 Å². The summed E-state index contributed by atoms with van der Waals surface area (Å²) in [5, 5.41) is 13.4. The van der Waals surface area contributed by atoms with Crippen molar-refractivity contribution in [2.45, 2.75) is 18.9 Å². The van der Waals surface area contributed by atoms with E-state index >= 15 is 0 Å². The minimum atomic E-state index is -0.0544. The van der Waals surface area contributed by atoms with Gasteiger partial charge in [0.15, 0.2) is 0 Å². The molecule has 1 aliphatic rings. The number of hydrogen-bond acceptors (Lipinski definition) is 2. The van der Waals surface area contributed by atoms with E-state index in [0.717, 1.165) is 22.5 Å². The average molecular weight is 305 g/mol. The molecule has 2 N–H and O–H groups in total. The molecule has 1 atom stereocenters. The molecular formula is C12H15BrClNO. The van der Waals surface area contributed by atoms with Crippen LogP contribution in [0.1, 0.15) is 24.4 Å². The Hall–Kier alpha value is -0.0900. The Kier molecular flexibility index (Phi) is 4.25. The lowest BCUT2D eigenvalue weighted by Crippen LogP contribution is -2.26. The third-order valence-corrected chi connectivity index (χ3v) is 3.69. The summed E-state index contributed by atoms with van der Waals surface area (Å²) < 4.78 is 0.958. The van der Waals surface area contributed by atoms with Crippen molar-refractivity contribution in [3.05, 3.63) is 33.3 Å². The first-order chi connectivity index (χ1) is 7.70. The van der Waals surface area contributed by atoms with Gasteiger partial charge in [-0.15, -0.1) is 0 Å². The predicted octanol–water partition coefficient (Wildman–Crippen LogP) is 3.14. The fourth-order valence-electron chi connectivity index (χ4n) is 1.69. The van der Waals surface area contributed by atoms with Crippen molar-refractivity contribution in [1.29, 1.82) is 0 Å². The molecule has 0 spiro atoms. The van der Waals surface area contributed by atoms with Crippen LogP contribution in [0.5, 0.6) is 0 Å². The Bertz CT molecular complexity index is 368. The van der Waals surface area contributed by atoms with Crippen LogP contribution in [0.4, 0.5) is 0 Å². The highest BCUT2D eigenvalue weighted by atomic mass is 79.9. The van der Waals surface area contributed by atoms with E-state index in [-0.39, 0.29) is 12.6 Å². The van der Waals surface area contributed by atoms with Crippen LogP contribution in [-0.4, -0.2) is 18.3 Å². The summed E-state index contributed by atoms with van der Waals surface area (Å²) in [6, 6.07) is 5.70. The SMILES string of the molecule is OCC(NCC1CC1)c1ccc(Br)cc1Cl. The summed E-state index contributed by atoms with van der Waals surface area (Å²) in [6.45, 7) is 1.05. The lowest BCUT2D eigenvalue weighted by atomic mass is 10.1. The maximum Gasteiger partial charge on any atom is 0.0627 e. The van der Waals surface area contributed by atoms with Gasteiger partial charge in [0, 0.05) is 9.50 Å². The van der Waals surface area contributed by atoms with E-state index in [4.69, 9.17) is 11.6 Å². The van der Waals surface area contributed by atoms with E-state index in [1.807, 2.05) is 18.2 Å². The minimum Gasteiger partial charge on any atom is -0.394 e. The second-order valence-electron chi connectivity index (χ2n) is 4.25. The number of benzene rings is 1. The molecule has 2 rings (SSSR count). The lowest BCUT2D eigenvalue weighted by molar-refractivity contribution is 0.243. The second kappa shape index (κ2) is 5.50. The van der Waals surface area contributed by atoms with Gasteiger partial charge in [-0.2, -0.15) is 0 Å². The van der Waals surface area contributed by atoms with Crippen molar-refractivity contribution in [1.82, 2.24) is 5.32 Å². The highest BCUT2D eigenvalue weighted by Gasteiger charge is 2.23. The third kappa shape index (κ3) is 3.20. The molecule has 1 saturated carbocycles. The average Bonchev–Trinajstić information content (AvgIpc) is 3.05. The summed E-state index contributed by atoms with van der Waals surface area (Å²) in [7, 11) is 0. The normalized spacial score (nSPS) is 17.4. The Labute approximate surface area is 109 Å². The lowest BCUT2D eigenvalue weighted by Gasteiger charge is -2.18. The molecule has 0 bridgehead atoms.